The molecule has 0 aromatic carbocycles. The van der Waals surface area contributed by atoms with Crippen LogP contribution in [0.15, 0.2) is 0 Å². The lowest BCUT2D eigenvalue weighted by atomic mass is 10.2. The fraction of sp³-hybridized carbons (Fsp3) is 0.923. The maximum Gasteiger partial charge on any atom is 0.234 e. The molecule has 18 heavy (non-hydrogen) atoms. The molecule has 0 spiro atoms. The Hall–Kier alpha value is -0.260. The number of carbonyl (C=O) groups is 1. The van der Waals surface area contributed by atoms with Gasteiger partial charge in [0.2, 0.25) is 5.91 Å². The summed E-state index contributed by atoms with van der Waals surface area (Å²) in [6.07, 6.45) is 3.74. The summed E-state index contributed by atoms with van der Waals surface area (Å²) in [6, 6.07) is 0.576. The van der Waals surface area contributed by atoms with E-state index in [0.29, 0.717) is 24.4 Å². The number of nitrogens with one attached hydrogen (secondary N) is 2. The molecule has 0 aliphatic heterocycles. The Morgan fingerprint density at radius 1 is 1.50 bits per heavy atom. The number of rotatable bonds is 8. The van der Waals surface area contributed by atoms with Crippen LogP contribution in [0.1, 0.15) is 33.1 Å². The van der Waals surface area contributed by atoms with Gasteiger partial charge in [0.25, 0.3) is 0 Å². The van der Waals surface area contributed by atoms with E-state index in [1.165, 1.54) is 19.3 Å². The van der Waals surface area contributed by atoms with E-state index >= 15 is 0 Å². The van der Waals surface area contributed by atoms with Crippen molar-refractivity contribution < 1.29 is 9.53 Å². The predicted octanol–water partition coefficient (Wildman–Crippen LogP) is 1.40. The van der Waals surface area contributed by atoms with Crippen molar-refractivity contribution in [1.82, 2.24) is 10.6 Å². The molecule has 1 amide bonds. The minimum Gasteiger partial charge on any atom is -0.383 e. The number of ether oxygens (including phenoxy) is 1. The van der Waals surface area contributed by atoms with Gasteiger partial charge in [-0.1, -0.05) is 13.3 Å². The third-order valence-electron chi connectivity index (χ3n) is 3.18. The number of thioether (sulfide) groups is 1. The van der Waals surface area contributed by atoms with Crippen molar-refractivity contribution >= 4 is 17.7 Å². The highest BCUT2D eigenvalue weighted by molar-refractivity contribution is 7.99. The Balaban J connectivity index is 2.21. The van der Waals surface area contributed by atoms with Crippen LogP contribution in [0.4, 0.5) is 0 Å². The van der Waals surface area contributed by atoms with E-state index in [-0.39, 0.29) is 11.9 Å². The number of amides is 1. The minimum atomic E-state index is 0.0618. The highest BCUT2D eigenvalue weighted by atomic mass is 32.2. The maximum absolute atomic E-state index is 11.7. The first-order chi connectivity index (χ1) is 8.67. The molecule has 1 rings (SSSR count). The highest BCUT2D eigenvalue weighted by Crippen LogP contribution is 2.29. The first kappa shape index (κ1) is 15.8. The summed E-state index contributed by atoms with van der Waals surface area (Å²) in [5.74, 6) is 1.21. The molecule has 1 saturated carbocycles. The second kappa shape index (κ2) is 8.77. The lowest BCUT2D eigenvalue weighted by Crippen LogP contribution is -2.45. The molecule has 5 heteroatoms. The van der Waals surface area contributed by atoms with Gasteiger partial charge in [0.05, 0.1) is 13.2 Å². The van der Waals surface area contributed by atoms with Crippen LogP contribution in [0.2, 0.25) is 0 Å². The summed E-state index contributed by atoms with van der Waals surface area (Å²) in [5.41, 5.74) is 0. The van der Waals surface area contributed by atoms with Crippen molar-refractivity contribution in [1.29, 1.82) is 0 Å². The predicted molar refractivity (Wildman–Crippen MR) is 77.0 cm³/mol. The van der Waals surface area contributed by atoms with Gasteiger partial charge >= 0.3 is 0 Å². The molecule has 106 valence electrons. The zero-order valence-electron chi connectivity index (χ0n) is 11.7. The Morgan fingerprint density at radius 3 is 2.94 bits per heavy atom. The zero-order valence-corrected chi connectivity index (χ0v) is 12.5. The van der Waals surface area contributed by atoms with E-state index in [2.05, 4.69) is 17.6 Å². The topological polar surface area (TPSA) is 50.4 Å². The summed E-state index contributed by atoms with van der Waals surface area (Å²) < 4.78 is 4.99. The van der Waals surface area contributed by atoms with Crippen LogP contribution in [0.5, 0.6) is 0 Å². The van der Waals surface area contributed by atoms with Crippen LogP contribution in [-0.2, 0) is 9.53 Å². The van der Waals surface area contributed by atoms with Crippen LogP contribution in [-0.4, -0.2) is 49.3 Å². The van der Waals surface area contributed by atoms with Gasteiger partial charge in [0, 0.05) is 24.4 Å². The molecule has 0 aromatic heterocycles. The first-order valence-corrected chi connectivity index (χ1v) is 7.85. The van der Waals surface area contributed by atoms with Crippen molar-refractivity contribution in [3.05, 3.63) is 0 Å². The van der Waals surface area contributed by atoms with E-state index in [1.807, 2.05) is 18.7 Å². The second-order valence-corrected chi connectivity index (χ2v) is 6.35. The molecule has 2 N–H and O–H groups in total. The van der Waals surface area contributed by atoms with Crippen LogP contribution in [0.25, 0.3) is 0 Å². The lowest BCUT2D eigenvalue weighted by Gasteiger charge is -2.20. The molecule has 3 atom stereocenters. The smallest absolute Gasteiger partial charge is 0.234 e. The molecule has 0 radical (unpaired) electrons. The Labute approximate surface area is 115 Å². The molecule has 0 heterocycles. The van der Waals surface area contributed by atoms with E-state index in [1.54, 1.807) is 7.11 Å². The van der Waals surface area contributed by atoms with Gasteiger partial charge in [-0.2, -0.15) is 11.8 Å². The van der Waals surface area contributed by atoms with Gasteiger partial charge in [-0.05, 0) is 25.5 Å². The van der Waals surface area contributed by atoms with Gasteiger partial charge in [0.1, 0.15) is 0 Å². The third-order valence-corrected chi connectivity index (χ3v) is 4.51. The van der Waals surface area contributed by atoms with Gasteiger partial charge in [-0.15, -0.1) is 0 Å². The molecular weight excluding hydrogens is 248 g/mol. The Morgan fingerprint density at radius 2 is 2.28 bits per heavy atom. The molecule has 4 nitrogen and oxygen atoms in total. The summed E-state index contributed by atoms with van der Waals surface area (Å²) in [6.45, 7) is 5.12. The number of hydrogen-bond donors (Lipinski definition) is 2. The summed E-state index contributed by atoms with van der Waals surface area (Å²) in [7, 11) is 1.64. The molecule has 3 unspecified atom stereocenters. The van der Waals surface area contributed by atoms with Gasteiger partial charge in [-0.3, -0.25) is 4.79 Å². The van der Waals surface area contributed by atoms with E-state index < -0.39 is 0 Å². The average molecular weight is 274 g/mol. The van der Waals surface area contributed by atoms with E-state index in [0.717, 1.165) is 5.75 Å². The summed E-state index contributed by atoms with van der Waals surface area (Å²) in [5, 5.41) is 6.99. The van der Waals surface area contributed by atoms with Crippen molar-refractivity contribution in [3.63, 3.8) is 0 Å². The fourth-order valence-electron chi connectivity index (χ4n) is 2.41. The van der Waals surface area contributed by atoms with Crippen LogP contribution >= 0.6 is 11.8 Å². The monoisotopic (exact) mass is 274 g/mol. The molecule has 0 bridgehead atoms. The standard InChI is InChI=1S/C13H26N2O2S/c1-4-18-12-7-5-6-11(12)14-8-13(16)15-10(2)9-17-3/h10-12,14H,4-9H2,1-3H3,(H,15,16). The minimum absolute atomic E-state index is 0.0618. The van der Waals surface area contributed by atoms with Crippen molar-refractivity contribution in [2.75, 3.05) is 26.0 Å². The van der Waals surface area contributed by atoms with Crippen molar-refractivity contribution in [2.45, 2.75) is 50.4 Å². The van der Waals surface area contributed by atoms with Crippen molar-refractivity contribution in [2.24, 2.45) is 0 Å². The Kier molecular flexibility index (Phi) is 7.70. The molecule has 1 aliphatic carbocycles. The average Bonchev–Trinajstić information content (AvgIpc) is 2.75. The number of methoxy groups -OCH3 is 1. The maximum atomic E-state index is 11.7. The summed E-state index contributed by atoms with van der Waals surface area (Å²) in [4.78, 5) is 11.7. The van der Waals surface area contributed by atoms with Gasteiger partial charge in [0.15, 0.2) is 0 Å². The molecule has 1 aliphatic rings. The largest absolute Gasteiger partial charge is 0.383 e. The normalized spacial score (nSPS) is 25.1. The third kappa shape index (κ3) is 5.59. The SMILES string of the molecule is CCSC1CCCC1NCC(=O)NC(C)COC. The molecule has 0 saturated heterocycles. The van der Waals surface area contributed by atoms with Gasteiger partial charge < -0.3 is 15.4 Å². The van der Waals surface area contributed by atoms with E-state index in [9.17, 15) is 4.79 Å². The fourth-order valence-corrected chi connectivity index (χ4v) is 3.64. The second-order valence-electron chi connectivity index (χ2n) is 4.84. The van der Waals surface area contributed by atoms with Crippen LogP contribution in [0.3, 0.4) is 0 Å². The van der Waals surface area contributed by atoms with E-state index in [4.69, 9.17) is 4.74 Å². The summed E-state index contributed by atoms with van der Waals surface area (Å²) >= 11 is 2.01. The van der Waals surface area contributed by atoms with Crippen LogP contribution in [0, 0.1) is 0 Å². The zero-order chi connectivity index (χ0) is 13.4. The first-order valence-electron chi connectivity index (χ1n) is 6.80. The lowest BCUT2D eigenvalue weighted by molar-refractivity contribution is -0.121. The quantitative estimate of drug-likeness (QED) is 0.702. The molecular formula is C13H26N2O2S. The van der Waals surface area contributed by atoms with Gasteiger partial charge in [-0.25, -0.2) is 0 Å². The molecule has 1 fully saturated rings. The number of carbonyl (C=O) groups excluding carboxylic acids is 1. The molecule has 0 aromatic rings. The van der Waals surface area contributed by atoms with Crippen LogP contribution < -0.4 is 10.6 Å². The number of hydrogen-bond acceptors (Lipinski definition) is 4. The van der Waals surface area contributed by atoms with Crippen molar-refractivity contribution in [3.8, 4) is 0 Å². The Bertz CT molecular complexity index is 251. The highest BCUT2D eigenvalue weighted by Gasteiger charge is 2.27.